The Bertz CT molecular complexity index is 685. The van der Waals surface area contributed by atoms with Gasteiger partial charge in [0.2, 0.25) is 0 Å². The van der Waals surface area contributed by atoms with Gasteiger partial charge in [-0.3, -0.25) is 9.59 Å². The summed E-state index contributed by atoms with van der Waals surface area (Å²) in [5, 5.41) is 0. The van der Waals surface area contributed by atoms with Crippen LogP contribution in [0.3, 0.4) is 0 Å². The Balaban J connectivity index is 1.71. The molecule has 0 unspecified atom stereocenters. The molecule has 1 aromatic heterocycles. The van der Waals surface area contributed by atoms with Crippen molar-refractivity contribution in [3.8, 4) is 11.5 Å². The van der Waals surface area contributed by atoms with Crippen LogP contribution in [0.4, 0.5) is 0 Å². The minimum Gasteiger partial charge on any atom is -0.494 e. The minimum atomic E-state index is -0.339. The maximum Gasteiger partial charge on any atom is 0.311 e. The van der Waals surface area contributed by atoms with Gasteiger partial charge in [0.15, 0.2) is 11.5 Å². The van der Waals surface area contributed by atoms with Gasteiger partial charge in [0.05, 0.1) is 6.61 Å². The molecule has 0 saturated heterocycles. The molecule has 6 heteroatoms. The summed E-state index contributed by atoms with van der Waals surface area (Å²) in [6, 6.07) is 10.3. The van der Waals surface area contributed by atoms with Crippen LogP contribution in [0.5, 0.6) is 11.5 Å². The van der Waals surface area contributed by atoms with Gasteiger partial charge in [-0.05, 0) is 65.7 Å². The Morgan fingerprint density at radius 2 is 1.91 bits per heavy atom. The number of aromatic nitrogens is 1. The number of benzene rings is 1. The number of Topliss-reactive ketones (excluding diaryl/α,β-unsaturated/α-hetero) is 1. The number of nitrogens with zero attached hydrogens (tertiary/aromatic N) is 1. The van der Waals surface area contributed by atoms with Crippen LogP contribution in [0, 0.1) is 0 Å². The molecule has 5 nitrogen and oxygen atoms in total. The summed E-state index contributed by atoms with van der Waals surface area (Å²) in [6.45, 7) is 1.91. The first kappa shape index (κ1) is 17.1. The van der Waals surface area contributed by atoms with Crippen molar-refractivity contribution in [2.75, 3.05) is 6.61 Å². The number of hydrogen-bond acceptors (Lipinski definition) is 5. The number of halogens is 1. The molecule has 0 radical (unpaired) electrons. The van der Waals surface area contributed by atoms with E-state index in [0.717, 1.165) is 0 Å². The van der Waals surface area contributed by atoms with Crippen molar-refractivity contribution in [2.45, 2.75) is 19.8 Å². The standard InChI is InChI=1S/C17H16BrNO4/c1-12(20)13-6-8-14(9-7-13)22-11-3-5-16(21)23-15-4-2-10-19-17(15)18/h2,4,6-10H,3,5,11H2,1H3. The van der Waals surface area contributed by atoms with Crippen molar-refractivity contribution in [2.24, 2.45) is 0 Å². The molecule has 0 aliphatic rings. The van der Waals surface area contributed by atoms with Gasteiger partial charge >= 0.3 is 5.97 Å². The number of pyridine rings is 1. The number of hydrogen-bond donors (Lipinski definition) is 0. The lowest BCUT2D eigenvalue weighted by molar-refractivity contribution is -0.134. The summed E-state index contributed by atoms with van der Waals surface area (Å²) in [6.07, 6.45) is 2.38. The highest BCUT2D eigenvalue weighted by atomic mass is 79.9. The van der Waals surface area contributed by atoms with Crippen LogP contribution < -0.4 is 9.47 Å². The fraction of sp³-hybridized carbons (Fsp3) is 0.235. The highest BCUT2D eigenvalue weighted by Crippen LogP contribution is 2.21. The van der Waals surface area contributed by atoms with Crippen molar-refractivity contribution in [1.82, 2.24) is 4.98 Å². The molecule has 0 saturated carbocycles. The third-order valence-electron chi connectivity index (χ3n) is 3.00. The summed E-state index contributed by atoms with van der Waals surface area (Å²) < 4.78 is 11.2. The number of carbonyl (C=O) groups is 2. The number of esters is 1. The van der Waals surface area contributed by atoms with E-state index in [0.29, 0.717) is 34.7 Å². The number of ether oxygens (including phenoxy) is 2. The summed E-state index contributed by atoms with van der Waals surface area (Å²) in [5.41, 5.74) is 0.642. The summed E-state index contributed by atoms with van der Waals surface area (Å²) >= 11 is 3.22. The molecule has 2 aromatic rings. The predicted molar refractivity (Wildman–Crippen MR) is 88.7 cm³/mol. The summed E-state index contributed by atoms with van der Waals surface area (Å²) in [5.74, 6) is 0.742. The number of rotatable bonds is 7. The van der Waals surface area contributed by atoms with E-state index in [9.17, 15) is 9.59 Å². The molecule has 0 aliphatic carbocycles. The summed E-state index contributed by atoms with van der Waals surface area (Å²) in [4.78, 5) is 26.9. The quantitative estimate of drug-likeness (QED) is 0.317. The first-order chi connectivity index (χ1) is 11.1. The molecule has 2 rings (SSSR count). The fourth-order valence-corrected chi connectivity index (χ4v) is 2.14. The predicted octanol–water partition coefficient (Wildman–Crippen LogP) is 3.81. The van der Waals surface area contributed by atoms with Crippen molar-refractivity contribution in [1.29, 1.82) is 0 Å². The Hall–Kier alpha value is -2.21. The lowest BCUT2D eigenvalue weighted by atomic mass is 10.1. The van der Waals surface area contributed by atoms with Crippen molar-refractivity contribution in [3.63, 3.8) is 0 Å². The van der Waals surface area contributed by atoms with Crippen LogP contribution in [0.1, 0.15) is 30.1 Å². The maximum absolute atomic E-state index is 11.7. The van der Waals surface area contributed by atoms with Crippen molar-refractivity contribution in [3.05, 3.63) is 52.8 Å². The van der Waals surface area contributed by atoms with E-state index < -0.39 is 0 Å². The third kappa shape index (κ3) is 5.49. The van der Waals surface area contributed by atoms with E-state index in [4.69, 9.17) is 9.47 Å². The molecule has 0 fully saturated rings. The maximum atomic E-state index is 11.7. The lowest BCUT2D eigenvalue weighted by Gasteiger charge is -2.07. The topological polar surface area (TPSA) is 65.5 Å². The Labute approximate surface area is 142 Å². The average Bonchev–Trinajstić information content (AvgIpc) is 2.54. The van der Waals surface area contributed by atoms with Crippen LogP contribution in [0.25, 0.3) is 0 Å². The van der Waals surface area contributed by atoms with Gasteiger partial charge < -0.3 is 9.47 Å². The van der Waals surface area contributed by atoms with Gasteiger partial charge in [0.25, 0.3) is 0 Å². The van der Waals surface area contributed by atoms with Gasteiger partial charge in [-0.2, -0.15) is 0 Å². The normalized spacial score (nSPS) is 10.2. The molecule has 1 heterocycles. The molecular formula is C17H16BrNO4. The minimum absolute atomic E-state index is 0.0147. The lowest BCUT2D eigenvalue weighted by Crippen LogP contribution is -2.10. The largest absolute Gasteiger partial charge is 0.494 e. The van der Waals surface area contributed by atoms with Crippen molar-refractivity contribution < 1.29 is 19.1 Å². The van der Waals surface area contributed by atoms with Gasteiger partial charge in [0.1, 0.15) is 10.4 Å². The zero-order valence-electron chi connectivity index (χ0n) is 12.6. The molecule has 0 spiro atoms. The zero-order chi connectivity index (χ0) is 16.7. The van der Waals surface area contributed by atoms with Gasteiger partial charge in [0, 0.05) is 18.2 Å². The molecule has 0 aliphatic heterocycles. The highest BCUT2D eigenvalue weighted by molar-refractivity contribution is 9.10. The molecule has 0 bridgehead atoms. The highest BCUT2D eigenvalue weighted by Gasteiger charge is 2.08. The summed E-state index contributed by atoms with van der Waals surface area (Å²) in [7, 11) is 0. The average molecular weight is 378 g/mol. The molecule has 120 valence electrons. The van der Waals surface area contributed by atoms with Gasteiger partial charge in [-0.25, -0.2) is 4.98 Å². The van der Waals surface area contributed by atoms with Gasteiger partial charge in [-0.1, -0.05) is 0 Å². The molecule has 0 amide bonds. The molecule has 23 heavy (non-hydrogen) atoms. The van der Waals surface area contributed by atoms with Crippen LogP contribution in [-0.2, 0) is 4.79 Å². The SMILES string of the molecule is CC(=O)c1ccc(OCCCC(=O)Oc2cccnc2Br)cc1. The second kappa shape index (κ2) is 8.43. The second-order valence-corrected chi connectivity index (χ2v) is 5.55. The molecular weight excluding hydrogens is 362 g/mol. The monoisotopic (exact) mass is 377 g/mol. The second-order valence-electron chi connectivity index (χ2n) is 4.80. The Morgan fingerprint density at radius 3 is 2.57 bits per heavy atom. The van der Waals surface area contributed by atoms with Crippen LogP contribution in [0.15, 0.2) is 47.2 Å². The van der Waals surface area contributed by atoms with E-state index >= 15 is 0 Å². The Morgan fingerprint density at radius 1 is 1.17 bits per heavy atom. The van der Waals surface area contributed by atoms with E-state index in [1.165, 1.54) is 6.92 Å². The first-order valence-corrected chi connectivity index (χ1v) is 7.90. The molecule has 0 N–H and O–H groups in total. The first-order valence-electron chi connectivity index (χ1n) is 7.11. The smallest absolute Gasteiger partial charge is 0.311 e. The number of ketones is 1. The molecule has 0 atom stereocenters. The van der Waals surface area contributed by atoms with Gasteiger partial charge in [-0.15, -0.1) is 0 Å². The van der Waals surface area contributed by atoms with E-state index in [1.54, 1.807) is 42.6 Å². The van der Waals surface area contributed by atoms with Crippen LogP contribution in [0.2, 0.25) is 0 Å². The van der Waals surface area contributed by atoms with E-state index in [-0.39, 0.29) is 18.2 Å². The molecule has 1 aromatic carbocycles. The van der Waals surface area contributed by atoms with Crippen LogP contribution >= 0.6 is 15.9 Å². The third-order valence-corrected chi connectivity index (χ3v) is 3.60. The van der Waals surface area contributed by atoms with Crippen molar-refractivity contribution >= 4 is 27.7 Å². The number of carbonyl (C=O) groups excluding carboxylic acids is 2. The fourth-order valence-electron chi connectivity index (χ4n) is 1.81. The Kier molecular flexibility index (Phi) is 6.29. The van der Waals surface area contributed by atoms with Crippen LogP contribution in [-0.4, -0.2) is 23.3 Å². The van der Waals surface area contributed by atoms with E-state index in [2.05, 4.69) is 20.9 Å². The zero-order valence-corrected chi connectivity index (χ0v) is 14.2. The van der Waals surface area contributed by atoms with E-state index in [1.807, 2.05) is 0 Å².